The Bertz CT molecular complexity index is 859. The van der Waals surface area contributed by atoms with Crippen LogP contribution in [-0.2, 0) is 19.2 Å². The molecule has 1 heterocycles. The lowest BCUT2D eigenvalue weighted by Crippen LogP contribution is -2.09. The van der Waals surface area contributed by atoms with E-state index in [-0.39, 0.29) is 0 Å². The number of nitrogens with zero attached hydrogens (tertiary/aromatic N) is 3. The van der Waals surface area contributed by atoms with E-state index in [9.17, 15) is 0 Å². The monoisotopic (exact) mass is 365 g/mol. The number of thioether (sulfide) groups is 1. The molecular weight excluding hydrogens is 338 g/mol. The highest BCUT2D eigenvalue weighted by atomic mass is 32.2. The maximum absolute atomic E-state index is 4.47. The van der Waals surface area contributed by atoms with Crippen molar-refractivity contribution in [2.45, 2.75) is 55.9 Å². The van der Waals surface area contributed by atoms with Crippen molar-refractivity contribution < 1.29 is 0 Å². The Morgan fingerprint density at radius 2 is 1.81 bits per heavy atom. The van der Waals surface area contributed by atoms with Crippen LogP contribution in [0.15, 0.2) is 47.6 Å². The SMILES string of the molecule is Cn1c(CCC2CCCCC2)nnc1SCc1cccc2ccccc12. The highest BCUT2D eigenvalue weighted by Gasteiger charge is 2.16. The molecule has 26 heavy (non-hydrogen) atoms. The molecule has 0 atom stereocenters. The van der Waals surface area contributed by atoms with Crippen molar-refractivity contribution in [2.24, 2.45) is 13.0 Å². The summed E-state index contributed by atoms with van der Waals surface area (Å²) in [4.78, 5) is 0. The Labute approximate surface area is 160 Å². The van der Waals surface area contributed by atoms with Gasteiger partial charge in [-0.3, -0.25) is 0 Å². The van der Waals surface area contributed by atoms with Gasteiger partial charge in [-0.2, -0.15) is 0 Å². The number of benzene rings is 2. The third kappa shape index (κ3) is 3.96. The van der Waals surface area contributed by atoms with Gasteiger partial charge in [-0.05, 0) is 28.7 Å². The lowest BCUT2D eigenvalue weighted by Gasteiger charge is -2.20. The number of hydrogen-bond donors (Lipinski definition) is 0. The molecule has 136 valence electrons. The molecule has 1 aromatic heterocycles. The van der Waals surface area contributed by atoms with Crippen LogP contribution in [0, 0.1) is 5.92 Å². The molecule has 0 N–H and O–H groups in total. The Morgan fingerprint density at radius 3 is 2.69 bits per heavy atom. The van der Waals surface area contributed by atoms with E-state index in [0.717, 1.165) is 29.1 Å². The summed E-state index contributed by atoms with van der Waals surface area (Å²) in [5.41, 5.74) is 1.36. The summed E-state index contributed by atoms with van der Waals surface area (Å²) < 4.78 is 2.19. The lowest BCUT2D eigenvalue weighted by molar-refractivity contribution is 0.336. The minimum Gasteiger partial charge on any atom is -0.309 e. The molecule has 1 saturated carbocycles. The van der Waals surface area contributed by atoms with Gasteiger partial charge in [0.2, 0.25) is 0 Å². The van der Waals surface area contributed by atoms with Crippen LogP contribution in [0.1, 0.15) is 49.9 Å². The van der Waals surface area contributed by atoms with Gasteiger partial charge in [0.05, 0.1) is 0 Å². The first kappa shape index (κ1) is 17.6. The highest BCUT2D eigenvalue weighted by Crippen LogP contribution is 2.29. The van der Waals surface area contributed by atoms with Gasteiger partial charge in [-0.25, -0.2) is 0 Å². The minimum atomic E-state index is 0.896. The average Bonchev–Trinajstić information content (AvgIpc) is 3.05. The van der Waals surface area contributed by atoms with Gasteiger partial charge >= 0.3 is 0 Å². The van der Waals surface area contributed by atoms with Crippen molar-refractivity contribution in [1.82, 2.24) is 14.8 Å². The topological polar surface area (TPSA) is 30.7 Å². The molecular formula is C22H27N3S. The molecule has 2 aromatic carbocycles. The van der Waals surface area contributed by atoms with Crippen LogP contribution in [0.25, 0.3) is 10.8 Å². The van der Waals surface area contributed by atoms with E-state index in [1.807, 2.05) is 0 Å². The molecule has 0 amide bonds. The van der Waals surface area contributed by atoms with Gasteiger partial charge in [0, 0.05) is 19.2 Å². The third-order valence-electron chi connectivity index (χ3n) is 5.66. The molecule has 3 aromatic rings. The Morgan fingerprint density at radius 1 is 1.00 bits per heavy atom. The van der Waals surface area contributed by atoms with E-state index in [2.05, 4.69) is 64.3 Å². The third-order valence-corrected chi connectivity index (χ3v) is 6.73. The van der Waals surface area contributed by atoms with Crippen LogP contribution in [0.5, 0.6) is 0 Å². The molecule has 0 aliphatic heterocycles. The molecule has 0 spiro atoms. The number of fused-ring (bicyclic) bond motifs is 1. The Hall–Kier alpha value is -1.81. The zero-order valence-electron chi connectivity index (χ0n) is 15.5. The molecule has 0 radical (unpaired) electrons. The Balaban J connectivity index is 1.40. The summed E-state index contributed by atoms with van der Waals surface area (Å²) in [5, 5.41) is 12.6. The summed E-state index contributed by atoms with van der Waals surface area (Å²) in [6.45, 7) is 0. The normalized spacial score (nSPS) is 15.6. The zero-order valence-corrected chi connectivity index (χ0v) is 16.3. The second-order valence-electron chi connectivity index (χ2n) is 7.43. The van der Waals surface area contributed by atoms with Gasteiger partial charge in [0.25, 0.3) is 0 Å². The minimum absolute atomic E-state index is 0.896. The maximum atomic E-state index is 4.47. The van der Waals surface area contributed by atoms with E-state index in [4.69, 9.17) is 0 Å². The van der Waals surface area contributed by atoms with Gasteiger partial charge in [-0.15, -0.1) is 10.2 Å². The van der Waals surface area contributed by atoms with E-state index in [1.165, 1.54) is 54.9 Å². The lowest BCUT2D eigenvalue weighted by atomic mass is 9.86. The fraction of sp³-hybridized carbons (Fsp3) is 0.455. The van der Waals surface area contributed by atoms with Crippen molar-refractivity contribution in [3.8, 4) is 0 Å². The van der Waals surface area contributed by atoms with Crippen LogP contribution in [-0.4, -0.2) is 14.8 Å². The quantitative estimate of drug-likeness (QED) is 0.519. The number of aromatic nitrogens is 3. The number of hydrogen-bond acceptors (Lipinski definition) is 3. The van der Waals surface area contributed by atoms with Gasteiger partial charge < -0.3 is 4.57 Å². The maximum Gasteiger partial charge on any atom is 0.191 e. The second kappa shape index (κ2) is 8.26. The molecule has 1 fully saturated rings. The van der Waals surface area contributed by atoms with Gasteiger partial charge in [0.15, 0.2) is 5.16 Å². The zero-order chi connectivity index (χ0) is 17.8. The summed E-state index contributed by atoms with van der Waals surface area (Å²) in [6, 6.07) is 15.1. The largest absolute Gasteiger partial charge is 0.309 e. The number of rotatable bonds is 6. The molecule has 0 unspecified atom stereocenters. The van der Waals surface area contributed by atoms with Crippen molar-refractivity contribution in [3.63, 3.8) is 0 Å². The van der Waals surface area contributed by atoms with E-state index in [1.54, 1.807) is 11.8 Å². The van der Waals surface area contributed by atoms with Gasteiger partial charge in [0.1, 0.15) is 5.82 Å². The molecule has 1 aliphatic carbocycles. The average molecular weight is 366 g/mol. The van der Waals surface area contributed by atoms with Crippen molar-refractivity contribution >= 4 is 22.5 Å². The molecule has 0 bridgehead atoms. The predicted octanol–water partition coefficient (Wildman–Crippen LogP) is 5.77. The fourth-order valence-corrected chi connectivity index (χ4v) is 4.99. The fourth-order valence-electron chi connectivity index (χ4n) is 4.06. The van der Waals surface area contributed by atoms with Gasteiger partial charge in [-0.1, -0.05) is 86.3 Å². The van der Waals surface area contributed by atoms with Crippen LogP contribution in [0.3, 0.4) is 0 Å². The van der Waals surface area contributed by atoms with E-state index in [0.29, 0.717) is 0 Å². The molecule has 3 nitrogen and oxygen atoms in total. The van der Waals surface area contributed by atoms with Crippen LogP contribution >= 0.6 is 11.8 Å². The van der Waals surface area contributed by atoms with Crippen LogP contribution < -0.4 is 0 Å². The highest BCUT2D eigenvalue weighted by molar-refractivity contribution is 7.98. The predicted molar refractivity (Wildman–Crippen MR) is 109 cm³/mol. The van der Waals surface area contributed by atoms with Crippen molar-refractivity contribution in [1.29, 1.82) is 0 Å². The van der Waals surface area contributed by atoms with Crippen molar-refractivity contribution in [3.05, 3.63) is 53.9 Å². The number of aryl methyl sites for hydroxylation is 1. The second-order valence-corrected chi connectivity index (χ2v) is 8.37. The van der Waals surface area contributed by atoms with E-state index < -0.39 is 0 Å². The van der Waals surface area contributed by atoms with Crippen LogP contribution in [0.4, 0.5) is 0 Å². The first-order chi connectivity index (χ1) is 12.8. The summed E-state index contributed by atoms with van der Waals surface area (Å²) in [6.07, 6.45) is 9.38. The molecule has 1 aliphatic rings. The van der Waals surface area contributed by atoms with Crippen LogP contribution in [0.2, 0.25) is 0 Å². The first-order valence-corrected chi connectivity index (χ1v) is 10.8. The summed E-state index contributed by atoms with van der Waals surface area (Å²) in [7, 11) is 2.11. The molecule has 4 rings (SSSR count). The van der Waals surface area contributed by atoms with Crippen molar-refractivity contribution in [2.75, 3.05) is 0 Å². The molecule has 4 heteroatoms. The molecule has 0 saturated heterocycles. The first-order valence-electron chi connectivity index (χ1n) is 9.79. The summed E-state index contributed by atoms with van der Waals surface area (Å²) in [5.74, 6) is 2.96. The smallest absolute Gasteiger partial charge is 0.191 e. The summed E-state index contributed by atoms with van der Waals surface area (Å²) >= 11 is 1.79. The Kier molecular flexibility index (Phi) is 5.59. The van der Waals surface area contributed by atoms with E-state index >= 15 is 0 Å². The standard InChI is InChI=1S/C22H27N3S/c1-25-21(15-14-17-8-3-2-4-9-17)23-24-22(25)26-16-19-12-7-11-18-10-5-6-13-20(18)19/h5-7,10-13,17H,2-4,8-9,14-16H2,1H3.